The molecule has 1 N–H and O–H groups in total. The number of Topliss-reactive ketones (excluding diaryl/α,β-unsaturated/α-hetero) is 1. The van der Waals surface area contributed by atoms with Gasteiger partial charge in [-0.2, -0.15) is 0 Å². The van der Waals surface area contributed by atoms with E-state index in [0.717, 1.165) is 0 Å². The van der Waals surface area contributed by atoms with Gasteiger partial charge in [0, 0.05) is 25.2 Å². The predicted molar refractivity (Wildman–Crippen MR) is 78.5 cm³/mol. The molecule has 0 radical (unpaired) electrons. The van der Waals surface area contributed by atoms with Gasteiger partial charge in [-0.3, -0.25) is 4.79 Å². The lowest BCUT2D eigenvalue weighted by Crippen LogP contribution is -2.09. The summed E-state index contributed by atoms with van der Waals surface area (Å²) in [5.41, 5.74) is 1.44. The van der Waals surface area contributed by atoms with E-state index in [-0.39, 0.29) is 18.0 Å². The first-order valence-corrected chi connectivity index (χ1v) is 6.51. The number of carbonyl (C=O) groups is 1. The molecule has 2 rings (SSSR count). The molecule has 0 heterocycles. The monoisotopic (exact) mass is 287 g/mol. The molecule has 2 aromatic carbocycles. The topological polar surface area (TPSA) is 29.1 Å². The van der Waals surface area contributed by atoms with E-state index in [1.807, 2.05) is 0 Å². The molecular weight excluding hydrogens is 272 g/mol. The number of halogens is 2. The summed E-state index contributed by atoms with van der Waals surface area (Å²) < 4.78 is 26.5. The van der Waals surface area contributed by atoms with Crippen molar-refractivity contribution in [3.8, 4) is 0 Å². The van der Waals surface area contributed by atoms with Gasteiger partial charge in [-0.1, -0.05) is 24.3 Å². The van der Waals surface area contributed by atoms with Gasteiger partial charge >= 0.3 is 0 Å². The van der Waals surface area contributed by atoms with Crippen molar-refractivity contribution >= 4 is 11.4 Å². The second kappa shape index (κ2) is 6.79. The van der Waals surface area contributed by atoms with Gasteiger partial charge in [0.1, 0.15) is 11.6 Å². The Morgan fingerprint density at radius 2 is 1.76 bits per heavy atom. The maximum atomic E-state index is 13.3. The lowest BCUT2D eigenvalue weighted by Gasteiger charge is -2.08. The largest absolute Gasteiger partial charge is 0.393 e. The van der Waals surface area contributed by atoms with Crippen LogP contribution in [0.5, 0.6) is 0 Å². The minimum Gasteiger partial charge on any atom is -0.393 e. The molecule has 4 heteroatoms. The van der Waals surface area contributed by atoms with Crippen LogP contribution < -0.4 is 5.32 Å². The number of carbonyl (C=O) groups excluding carboxylic acids is 1. The third kappa shape index (κ3) is 3.99. The molecule has 2 nitrogen and oxygen atoms in total. The molecule has 0 spiro atoms. The Labute approximate surface area is 122 Å². The Kier molecular flexibility index (Phi) is 4.82. The summed E-state index contributed by atoms with van der Waals surface area (Å²) in [5, 5.41) is 2.78. The molecule has 0 aliphatic carbocycles. The fourth-order valence-corrected chi connectivity index (χ4v) is 2.05. The van der Waals surface area contributed by atoms with Crippen LogP contribution in [0.25, 0.3) is 5.57 Å². The van der Waals surface area contributed by atoms with E-state index in [1.54, 1.807) is 31.3 Å². The van der Waals surface area contributed by atoms with Crippen LogP contribution >= 0.6 is 0 Å². The molecule has 0 saturated heterocycles. The van der Waals surface area contributed by atoms with Crippen molar-refractivity contribution in [1.82, 2.24) is 5.32 Å². The third-order valence-corrected chi connectivity index (χ3v) is 2.98. The van der Waals surface area contributed by atoms with Crippen LogP contribution in [0.4, 0.5) is 8.78 Å². The van der Waals surface area contributed by atoms with E-state index in [2.05, 4.69) is 5.32 Å². The van der Waals surface area contributed by atoms with Crippen LogP contribution in [0.2, 0.25) is 0 Å². The highest BCUT2D eigenvalue weighted by Crippen LogP contribution is 2.18. The molecule has 2 aromatic rings. The van der Waals surface area contributed by atoms with E-state index in [9.17, 15) is 13.6 Å². The lowest BCUT2D eigenvalue weighted by atomic mass is 9.97. The lowest BCUT2D eigenvalue weighted by molar-refractivity contribution is -0.113. The van der Waals surface area contributed by atoms with Crippen molar-refractivity contribution in [2.24, 2.45) is 0 Å². The molecule has 21 heavy (non-hydrogen) atoms. The number of hydrogen-bond acceptors (Lipinski definition) is 2. The SMILES string of the molecule is CNC=C(C(=O)Cc1cccc(F)c1)c1cccc(F)c1. The van der Waals surface area contributed by atoms with Crippen molar-refractivity contribution in [1.29, 1.82) is 0 Å². The molecule has 0 saturated carbocycles. The molecule has 0 unspecified atom stereocenters. The molecular formula is C17H15F2NO. The minimum atomic E-state index is -0.409. The van der Waals surface area contributed by atoms with Gasteiger partial charge in [0.05, 0.1) is 0 Å². The fourth-order valence-electron chi connectivity index (χ4n) is 2.05. The molecule has 0 bridgehead atoms. The average Bonchev–Trinajstić information content (AvgIpc) is 2.44. The third-order valence-electron chi connectivity index (χ3n) is 2.98. The molecule has 0 aromatic heterocycles. The summed E-state index contributed by atoms with van der Waals surface area (Å²) in [5.74, 6) is -1.00. The Balaban J connectivity index is 2.27. The molecule has 0 atom stereocenters. The van der Waals surface area contributed by atoms with Crippen LogP contribution in [0, 0.1) is 11.6 Å². The number of rotatable bonds is 5. The Bertz CT molecular complexity index is 680. The van der Waals surface area contributed by atoms with Crippen molar-refractivity contribution < 1.29 is 13.6 Å². The van der Waals surface area contributed by atoms with E-state index in [4.69, 9.17) is 0 Å². The normalized spacial score (nSPS) is 11.3. The van der Waals surface area contributed by atoms with Crippen LogP contribution in [-0.2, 0) is 11.2 Å². The summed E-state index contributed by atoms with van der Waals surface area (Å²) in [7, 11) is 1.66. The molecule has 0 aliphatic rings. The van der Waals surface area contributed by atoms with Gasteiger partial charge in [-0.05, 0) is 35.4 Å². The number of allylic oxidation sites excluding steroid dienone is 1. The summed E-state index contributed by atoms with van der Waals surface area (Å²) >= 11 is 0. The molecule has 0 fully saturated rings. The Morgan fingerprint density at radius 3 is 2.38 bits per heavy atom. The van der Waals surface area contributed by atoms with Crippen LogP contribution in [0.15, 0.2) is 54.7 Å². The highest BCUT2D eigenvalue weighted by Gasteiger charge is 2.13. The number of ketones is 1. The summed E-state index contributed by atoms with van der Waals surface area (Å²) in [4.78, 5) is 12.4. The molecule has 108 valence electrons. The first kappa shape index (κ1) is 14.9. The van der Waals surface area contributed by atoms with Gasteiger partial charge in [-0.25, -0.2) is 8.78 Å². The number of hydrogen-bond donors (Lipinski definition) is 1. The van der Waals surface area contributed by atoms with Crippen molar-refractivity contribution in [3.05, 3.63) is 77.5 Å². The Morgan fingerprint density at radius 1 is 1.10 bits per heavy atom. The van der Waals surface area contributed by atoms with E-state index in [1.165, 1.54) is 30.5 Å². The van der Waals surface area contributed by atoms with Gasteiger partial charge in [0.2, 0.25) is 0 Å². The second-order valence-corrected chi connectivity index (χ2v) is 4.59. The predicted octanol–water partition coefficient (Wildman–Crippen LogP) is 3.34. The first-order chi connectivity index (χ1) is 10.1. The standard InChI is InChI=1S/C17H15F2NO/c1-20-11-16(13-5-3-7-15(19)10-13)17(21)9-12-4-2-6-14(18)8-12/h2-8,10-11,20H,9H2,1H3. The fraction of sp³-hybridized carbons (Fsp3) is 0.118. The van der Waals surface area contributed by atoms with Crippen LogP contribution in [-0.4, -0.2) is 12.8 Å². The van der Waals surface area contributed by atoms with Gasteiger partial charge in [-0.15, -0.1) is 0 Å². The smallest absolute Gasteiger partial charge is 0.169 e. The van der Waals surface area contributed by atoms with Gasteiger partial charge in [0.15, 0.2) is 5.78 Å². The minimum absolute atomic E-state index is 0.0573. The van der Waals surface area contributed by atoms with Crippen molar-refractivity contribution in [2.45, 2.75) is 6.42 Å². The van der Waals surface area contributed by atoms with Crippen LogP contribution in [0.3, 0.4) is 0 Å². The number of nitrogens with one attached hydrogen (secondary N) is 1. The summed E-state index contributed by atoms with van der Waals surface area (Å²) in [6, 6.07) is 11.7. The Hall–Kier alpha value is -2.49. The first-order valence-electron chi connectivity index (χ1n) is 6.51. The van der Waals surface area contributed by atoms with Gasteiger partial charge in [0.25, 0.3) is 0 Å². The summed E-state index contributed by atoms with van der Waals surface area (Å²) in [6.07, 6.45) is 1.58. The molecule has 0 amide bonds. The maximum Gasteiger partial charge on any atom is 0.169 e. The van der Waals surface area contributed by atoms with E-state index < -0.39 is 5.82 Å². The van der Waals surface area contributed by atoms with E-state index >= 15 is 0 Å². The summed E-state index contributed by atoms with van der Waals surface area (Å²) in [6.45, 7) is 0. The zero-order valence-corrected chi connectivity index (χ0v) is 11.6. The van der Waals surface area contributed by atoms with E-state index in [0.29, 0.717) is 16.7 Å². The highest BCUT2D eigenvalue weighted by atomic mass is 19.1. The van der Waals surface area contributed by atoms with Crippen molar-refractivity contribution in [2.75, 3.05) is 7.05 Å². The zero-order valence-electron chi connectivity index (χ0n) is 11.6. The zero-order chi connectivity index (χ0) is 15.2. The average molecular weight is 287 g/mol. The quantitative estimate of drug-likeness (QED) is 0.855. The number of benzene rings is 2. The maximum absolute atomic E-state index is 13.3. The molecule has 0 aliphatic heterocycles. The van der Waals surface area contributed by atoms with Crippen molar-refractivity contribution in [3.63, 3.8) is 0 Å². The van der Waals surface area contributed by atoms with Gasteiger partial charge < -0.3 is 5.32 Å². The second-order valence-electron chi connectivity index (χ2n) is 4.59. The highest BCUT2D eigenvalue weighted by molar-refractivity contribution is 6.21. The van der Waals surface area contributed by atoms with Crippen LogP contribution in [0.1, 0.15) is 11.1 Å².